The highest BCUT2D eigenvalue weighted by Crippen LogP contribution is 2.36. The predicted octanol–water partition coefficient (Wildman–Crippen LogP) is 3.15. The van der Waals surface area contributed by atoms with Crippen molar-refractivity contribution >= 4 is 18.0 Å². The number of ether oxygens (including phenoxy) is 5. The van der Waals surface area contributed by atoms with Crippen molar-refractivity contribution in [1.82, 2.24) is 4.90 Å². The maximum absolute atomic E-state index is 12.6. The lowest BCUT2D eigenvalue weighted by molar-refractivity contribution is 0.0413. The van der Waals surface area contributed by atoms with Gasteiger partial charge in [-0.1, -0.05) is 6.07 Å². The van der Waals surface area contributed by atoms with Crippen molar-refractivity contribution in [3.63, 3.8) is 0 Å². The molecule has 0 aromatic heterocycles. The molecule has 0 atom stereocenters. The Morgan fingerprint density at radius 1 is 1.03 bits per heavy atom. The van der Waals surface area contributed by atoms with Gasteiger partial charge in [-0.25, -0.2) is 4.79 Å². The number of carbonyl (C=O) groups is 2. The van der Waals surface area contributed by atoms with Crippen LogP contribution in [0.25, 0.3) is 6.08 Å². The number of morpholine rings is 1. The summed E-state index contributed by atoms with van der Waals surface area (Å²) < 4.78 is 26.9. The first-order valence-corrected chi connectivity index (χ1v) is 9.44. The number of fused-ring (bicyclic) bond motifs is 1. The summed E-state index contributed by atoms with van der Waals surface area (Å²) in [6, 6.07) is 10.1. The zero-order valence-corrected chi connectivity index (χ0v) is 16.7. The summed E-state index contributed by atoms with van der Waals surface area (Å²) in [7, 11) is 3.03. The molecular formula is C22H21NO7. The van der Waals surface area contributed by atoms with Crippen molar-refractivity contribution in [2.75, 3.05) is 40.5 Å². The van der Waals surface area contributed by atoms with Crippen molar-refractivity contribution < 1.29 is 33.3 Å². The van der Waals surface area contributed by atoms with E-state index in [1.807, 2.05) is 0 Å². The van der Waals surface area contributed by atoms with Gasteiger partial charge in [0.2, 0.25) is 5.78 Å². The highest BCUT2D eigenvalue weighted by Gasteiger charge is 2.28. The molecule has 0 bridgehead atoms. The molecule has 156 valence electrons. The topological polar surface area (TPSA) is 83.5 Å². The Labute approximate surface area is 173 Å². The van der Waals surface area contributed by atoms with Gasteiger partial charge in [0, 0.05) is 19.2 Å². The first-order valence-electron chi connectivity index (χ1n) is 9.44. The van der Waals surface area contributed by atoms with Crippen LogP contribution in [0.15, 0.2) is 42.2 Å². The summed E-state index contributed by atoms with van der Waals surface area (Å²) in [5.74, 6) is 1.70. The van der Waals surface area contributed by atoms with Gasteiger partial charge in [0.25, 0.3) is 0 Å². The van der Waals surface area contributed by atoms with Crippen LogP contribution in [0, 0.1) is 0 Å². The quantitative estimate of drug-likeness (QED) is 0.715. The minimum absolute atomic E-state index is 0.193. The number of hydrogen-bond donors (Lipinski definition) is 0. The molecule has 0 spiro atoms. The molecule has 8 nitrogen and oxygen atoms in total. The van der Waals surface area contributed by atoms with E-state index in [0.29, 0.717) is 60.4 Å². The fourth-order valence-electron chi connectivity index (χ4n) is 3.21. The molecule has 1 fully saturated rings. The molecule has 2 aromatic carbocycles. The van der Waals surface area contributed by atoms with Crippen LogP contribution in [0.1, 0.15) is 15.9 Å². The van der Waals surface area contributed by atoms with Crippen LogP contribution in [0.2, 0.25) is 0 Å². The number of carbonyl (C=O) groups excluding carboxylic acids is 2. The maximum Gasteiger partial charge on any atom is 0.415 e. The number of nitrogens with zero attached hydrogens (tertiary/aromatic N) is 1. The van der Waals surface area contributed by atoms with Crippen LogP contribution in [-0.2, 0) is 4.74 Å². The summed E-state index contributed by atoms with van der Waals surface area (Å²) in [5, 5.41) is 0. The third-order valence-electron chi connectivity index (χ3n) is 4.83. The van der Waals surface area contributed by atoms with Gasteiger partial charge in [0.1, 0.15) is 11.5 Å². The zero-order chi connectivity index (χ0) is 21.1. The monoisotopic (exact) mass is 411 g/mol. The summed E-state index contributed by atoms with van der Waals surface area (Å²) in [5.41, 5.74) is 1.14. The van der Waals surface area contributed by atoms with Crippen LogP contribution < -0.4 is 18.9 Å². The summed E-state index contributed by atoms with van der Waals surface area (Å²) >= 11 is 0. The van der Waals surface area contributed by atoms with E-state index in [1.165, 1.54) is 7.11 Å². The van der Waals surface area contributed by atoms with Crippen molar-refractivity contribution in [3.8, 4) is 23.0 Å². The zero-order valence-electron chi connectivity index (χ0n) is 16.7. The third kappa shape index (κ3) is 3.95. The fourth-order valence-corrected chi connectivity index (χ4v) is 3.21. The Morgan fingerprint density at radius 2 is 1.83 bits per heavy atom. The smallest absolute Gasteiger partial charge is 0.415 e. The largest absolute Gasteiger partial charge is 0.497 e. The molecule has 0 aliphatic carbocycles. The standard InChI is InChI=1S/C22H21NO7/c1-26-15-4-5-16-18(13-15)29-20(21(16)24)12-14-3-6-17(19(11-14)27-2)30-22(25)23-7-9-28-10-8-23/h3-6,11-13H,7-10H2,1-2H3/b20-12-. The van der Waals surface area contributed by atoms with E-state index in [4.69, 9.17) is 23.7 Å². The second kappa shape index (κ2) is 8.46. The number of hydrogen-bond acceptors (Lipinski definition) is 7. The number of rotatable bonds is 4. The Balaban J connectivity index is 1.53. The molecule has 0 N–H and O–H groups in total. The molecule has 2 aliphatic rings. The average molecular weight is 411 g/mol. The molecule has 4 rings (SSSR count). The molecule has 0 saturated carbocycles. The van der Waals surface area contributed by atoms with Gasteiger partial charge >= 0.3 is 6.09 Å². The Bertz CT molecular complexity index is 1010. The second-order valence-electron chi connectivity index (χ2n) is 6.68. The number of allylic oxidation sites excluding steroid dienone is 1. The summed E-state index contributed by atoms with van der Waals surface area (Å²) in [4.78, 5) is 26.5. The predicted molar refractivity (Wildman–Crippen MR) is 107 cm³/mol. The number of benzene rings is 2. The maximum atomic E-state index is 12.6. The van der Waals surface area contributed by atoms with Crippen LogP contribution in [0.5, 0.6) is 23.0 Å². The molecule has 1 saturated heterocycles. The number of Topliss-reactive ketones (excluding diaryl/α,β-unsaturated/α-hetero) is 1. The van der Waals surface area contributed by atoms with Crippen LogP contribution in [-0.4, -0.2) is 57.3 Å². The van der Waals surface area contributed by atoms with E-state index in [1.54, 1.807) is 54.5 Å². The van der Waals surface area contributed by atoms with Gasteiger partial charge < -0.3 is 28.6 Å². The van der Waals surface area contributed by atoms with E-state index in [-0.39, 0.29) is 11.5 Å². The molecule has 2 aliphatic heterocycles. The van der Waals surface area contributed by atoms with Gasteiger partial charge in [-0.15, -0.1) is 0 Å². The first kappa shape index (κ1) is 19.8. The highest BCUT2D eigenvalue weighted by atomic mass is 16.6. The lowest BCUT2D eigenvalue weighted by Crippen LogP contribution is -2.42. The van der Waals surface area contributed by atoms with Crippen LogP contribution in [0.3, 0.4) is 0 Å². The van der Waals surface area contributed by atoms with Gasteiger partial charge in [-0.05, 0) is 35.9 Å². The SMILES string of the molecule is COc1ccc2c(c1)O/C(=C\c1ccc(OC(=O)N3CCOCC3)c(OC)c1)C2=O. The average Bonchev–Trinajstić information content (AvgIpc) is 3.09. The summed E-state index contributed by atoms with van der Waals surface area (Å²) in [6.07, 6.45) is 1.16. The number of methoxy groups -OCH3 is 2. The molecule has 2 aromatic rings. The first-order chi connectivity index (χ1) is 14.6. The normalized spacial score (nSPS) is 16.8. The Morgan fingerprint density at radius 3 is 2.57 bits per heavy atom. The molecule has 2 heterocycles. The van der Waals surface area contributed by atoms with E-state index >= 15 is 0 Å². The Hall–Kier alpha value is -3.52. The van der Waals surface area contributed by atoms with E-state index < -0.39 is 6.09 Å². The van der Waals surface area contributed by atoms with Crippen molar-refractivity contribution in [3.05, 3.63) is 53.3 Å². The van der Waals surface area contributed by atoms with Crippen LogP contribution in [0.4, 0.5) is 4.79 Å². The number of amides is 1. The molecule has 30 heavy (non-hydrogen) atoms. The lowest BCUT2D eigenvalue weighted by Gasteiger charge is -2.26. The highest BCUT2D eigenvalue weighted by molar-refractivity contribution is 6.14. The number of ketones is 1. The molecule has 8 heteroatoms. The second-order valence-corrected chi connectivity index (χ2v) is 6.68. The van der Waals surface area contributed by atoms with Gasteiger partial charge in [-0.3, -0.25) is 4.79 Å². The molecule has 0 unspecified atom stereocenters. The lowest BCUT2D eigenvalue weighted by atomic mass is 10.1. The van der Waals surface area contributed by atoms with Gasteiger partial charge in [-0.2, -0.15) is 0 Å². The Kier molecular flexibility index (Phi) is 5.58. The van der Waals surface area contributed by atoms with E-state index in [9.17, 15) is 9.59 Å². The van der Waals surface area contributed by atoms with Crippen LogP contribution >= 0.6 is 0 Å². The summed E-state index contributed by atoms with van der Waals surface area (Å²) in [6.45, 7) is 1.94. The van der Waals surface area contributed by atoms with E-state index in [0.717, 1.165) is 0 Å². The van der Waals surface area contributed by atoms with Crippen molar-refractivity contribution in [1.29, 1.82) is 0 Å². The van der Waals surface area contributed by atoms with Gasteiger partial charge in [0.15, 0.2) is 17.3 Å². The third-order valence-corrected chi connectivity index (χ3v) is 4.83. The molecule has 1 amide bonds. The van der Waals surface area contributed by atoms with Crippen molar-refractivity contribution in [2.45, 2.75) is 0 Å². The minimum Gasteiger partial charge on any atom is -0.497 e. The van der Waals surface area contributed by atoms with Crippen molar-refractivity contribution in [2.24, 2.45) is 0 Å². The van der Waals surface area contributed by atoms with Gasteiger partial charge in [0.05, 0.1) is 33.0 Å². The van der Waals surface area contributed by atoms with E-state index in [2.05, 4.69) is 0 Å². The fraction of sp³-hybridized carbons (Fsp3) is 0.273. The molecular weight excluding hydrogens is 390 g/mol. The minimum atomic E-state index is -0.457. The molecule has 0 radical (unpaired) electrons.